The minimum atomic E-state index is -1.10. The van der Waals surface area contributed by atoms with Crippen molar-refractivity contribution in [2.24, 2.45) is 5.73 Å². The van der Waals surface area contributed by atoms with Crippen molar-refractivity contribution in [2.75, 3.05) is 31.6 Å². The summed E-state index contributed by atoms with van der Waals surface area (Å²) in [5.74, 6) is 0.613. The fourth-order valence-corrected chi connectivity index (χ4v) is 3.36. The van der Waals surface area contributed by atoms with Crippen LogP contribution in [-0.4, -0.2) is 37.0 Å². The smallest absolute Gasteiger partial charge is 0.248 e. The fourth-order valence-electron chi connectivity index (χ4n) is 3.36. The highest BCUT2D eigenvalue weighted by Crippen LogP contribution is 2.24. The fraction of sp³-hybridized carbons (Fsp3) is 0.409. The van der Waals surface area contributed by atoms with Crippen molar-refractivity contribution in [3.63, 3.8) is 0 Å². The van der Waals surface area contributed by atoms with Crippen LogP contribution in [0.25, 0.3) is 0 Å². The third kappa shape index (κ3) is 4.87. The maximum absolute atomic E-state index is 12.7. The molecule has 1 aliphatic rings. The van der Waals surface area contributed by atoms with Crippen LogP contribution in [0.1, 0.15) is 30.9 Å². The average Bonchev–Trinajstić information content (AvgIpc) is 3.17. The van der Waals surface area contributed by atoms with Gasteiger partial charge in [0.15, 0.2) is 0 Å². The summed E-state index contributed by atoms with van der Waals surface area (Å²) >= 11 is 0. The first-order valence-corrected chi connectivity index (χ1v) is 9.58. The zero-order valence-corrected chi connectivity index (χ0v) is 16.2. The Labute approximate surface area is 161 Å². The summed E-state index contributed by atoms with van der Waals surface area (Å²) in [7, 11) is 0. The second-order valence-corrected chi connectivity index (χ2v) is 7.40. The van der Waals surface area contributed by atoms with Crippen LogP contribution in [-0.2, 0) is 10.3 Å². The van der Waals surface area contributed by atoms with E-state index in [0.29, 0.717) is 6.61 Å². The number of benzene rings is 2. The van der Waals surface area contributed by atoms with Gasteiger partial charge in [-0.2, -0.15) is 0 Å². The molecule has 1 saturated heterocycles. The van der Waals surface area contributed by atoms with E-state index in [0.717, 1.165) is 29.1 Å². The van der Waals surface area contributed by atoms with Gasteiger partial charge < -0.3 is 15.8 Å². The molecule has 2 aromatic carbocycles. The maximum Gasteiger partial charge on any atom is 0.248 e. The number of nitrogens with one attached hydrogen (secondary N) is 1. The van der Waals surface area contributed by atoms with E-state index in [9.17, 15) is 4.79 Å². The van der Waals surface area contributed by atoms with Crippen molar-refractivity contribution in [1.82, 2.24) is 4.90 Å². The summed E-state index contributed by atoms with van der Waals surface area (Å²) in [5.41, 5.74) is 7.68. The van der Waals surface area contributed by atoms with Crippen LogP contribution in [0, 0.1) is 6.92 Å². The van der Waals surface area contributed by atoms with E-state index in [1.807, 2.05) is 55.5 Å². The molecule has 0 aromatic heterocycles. The van der Waals surface area contributed by atoms with Gasteiger partial charge in [0.1, 0.15) is 17.9 Å². The second kappa shape index (κ2) is 8.55. The molecular weight excluding hydrogens is 338 g/mol. The predicted molar refractivity (Wildman–Crippen MR) is 109 cm³/mol. The van der Waals surface area contributed by atoms with Gasteiger partial charge in [0, 0.05) is 12.2 Å². The van der Waals surface area contributed by atoms with E-state index >= 15 is 0 Å². The van der Waals surface area contributed by atoms with Gasteiger partial charge in [-0.3, -0.25) is 9.69 Å². The molecule has 1 fully saturated rings. The van der Waals surface area contributed by atoms with Gasteiger partial charge in [-0.05, 0) is 69.1 Å². The predicted octanol–water partition coefficient (Wildman–Crippen LogP) is 3.28. The van der Waals surface area contributed by atoms with Crippen molar-refractivity contribution >= 4 is 11.6 Å². The molecule has 3 rings (SSSR count). The lowest BCUT2D eigenvalue weighted by Crippen LogP contribution is -2.45. The van der Waals surface area contributed by atoms with Crippen LogP contribution in [0.3, 0.4) is 0 Å². The summed E-state index contributed by atoms with van der Waals surface area (Å²) < 4.78 is 5.92. The topological polar surface area (TPSA) is 67.6 Å². The number of carbonyl (C=O) groups excluding carboxylic acids is 1. The van der Waals surface area contributed by atoms with Crippen LogP contribution in [0.2, 0.25) is 0 Å². The molecule has 27 heavy (non-hydrogen) atoms. The van der Waals surface area contributed by atoms with Gasteiger partial charge in [0.05, 0.1) is 0 Å². The molecule has 144 valence electrons. The third-order valence-electron chi connectivity index (χ3n) is 5.14. The number of aryl methyl sites for hydroxylation is 1. The first-order chi connectivity index (χ1) is 13.0. The molecule has 0 spiro atoms. The minimum Gasteiger partial charge on any atom is -0.492 e. The second-order valence-electron chi connectivity index (χ2n) is 7.40. The highest BCUT2D eigenvalue weighted by molar-refractivity contribution is 5.98. The zero-order chi connectivity index (χ0) is 19.3. The van der Waals surface area contributed by atoms with Gasteiger partial charge in [-0.1, -0.05) is 30.3 Å². The summed E-state index contributed by atoms with van der Waals surface area (Å²) in [5, 5.41) is 2.92. The lowest BCUT2D eigenvalue weighted by Gasteiger charge is -2.24. The number of amides is 1. The largest absolute Gasteiger partial charge is 0.492 e. The van der Waals surface area contributed by atoms with E-state index in [-0.39, 0.29) is 5.91 Å². The summed E-state index contributed by atoms with van der Waals surface area (Å²) in [4.78, 5) is 15.1. The summed E-state index contributed by atoms with van der Waals surface area (Å²) in [6.45, 7) is 7.70. The molecular formula is C22H29N3O2. The Morgan fingerprint density at radius 2 is 1.89 bits per heavy atom. The molecule has 0 saturated carbocycles. The Balaban J connectivity index is 1.59. The Hall–Kier alpha value is -2.37. The van der Waals surface area contributed by atoms with Crippen molar-refractivity contribution in [1.29, 1.82) is 0 Å². The lowest BCUT2D eigenvalue weighted by atomic mass is 9.92. The van der Waals surface area contributed by atoms with Crippen molar-refractivity contribution in [3.05, 3.63) is 59.7 Å². The molecule has 1 aliphatic heterocycles. The van der Waals surface area contributed by atoms with Crippen LogP contribution in [0.5, 0.6) is 5.75 Å². The van der Waals surface area contributed by atoms with Crippen molar-refractivity contribution < 1.29 is 9.53 Å². The number of nitrogens with zero attached hydrogens (tertiary/aromatic N) is 1. The first-order valence-electron chi connectivity index (χ1n) is 9.58. The van der Waals surface area contributed by atoms with E-state index < -0.39 is 5.54 Å². The van der Waals surface area contributed by atoms with Gasteiger partial charge in [0.25, 0.3) is 0 Å². The molecule has 3 N–H and O–H groups in total. The molecule has 1 amide bonds. The number of nitrogens with two attached hydrogens (primary N) is 1. The first kappa shape index (κ1) is 19.4. The number of likely N-dealkylation sites (tertiary alicyclic amines) is 1. The molecule has 1 unspecified atom stereocenters. The Morgan fingerprint density at radius 3 is 2.56 bits per heavy atom. The number of hydrogen-bond donors (Lipinski definition) is 2. The van der Waals surface area contributed by atoms with Gasteiger partial charge in [-0.15, -0.1) is 0 Å². The Morgan fingerprint density at radius 1 is 1.19 bits per heavy atom. The third-order valence-corrected chi connectivity index (χ3v) is 5.14. The van der Waals surface area contributed by atoms with Crippen LogP contribution in [0.4, 0.5) is 5.69 Å². The number of anilines is 1. The molecule has 1 atom stereocenters. The van der Waals surface area contributed by atoms with Crippen molar-refractivity contribution in [3.8, 4) is 5.75 Å². The monoisotopic (exact) mass is 367 g/mol. The Kier molecular flexibility index (Phi) is 6.14. The zero-order valence-electron chi connectivity index (χ0n) is 16.2. The molecule has 2 aromatic rings. The summed E-state index contributed by atoms with van der Waals surface area (Å²) in [6.07, 6.45) is 2.58. The van der Waals surface area contributed by atoms with Gasteiger partial charge in [0.2, 0.25) is 5.91 Å². The lowest BCUT2D eigenvalue weighted by molar-refractivity contribution is -0.120. The molecule has 1 heterocycles. The molecule has 5 nitrogen and oxygen atoms in total. The van der Waals surface area contributed by atoms with E-state index in [4.69, 9.17) is 10.5 Å². The molecule has 5 heteroatoms. The molecule has 0 radical (unpaired) electrons. The Bertz CT molecular complexity index is 768. The van der Waals surface area contributed by atoms with E-state index in [1.54, 1.807) is 6.92 Å². The highest BCUT2D eigenvalue weighted by atomic mass is 16.5. The number of ether oxygens (including phenoxy) is 1. The van der Waals surface area contributed by atoms with Gasteiger partial charge >= 0.3 is 0 Å². The number of carbonyl (C=O) groups is 1. The van der Waals surface area contributed by atoms with Crippen LogP contribution < -0.4 is 15.8 Å². The summed E-state index contributed by atoms with van der Waals surface area (Å²) in [6, 6.07) is 15.1. The van der Waals surface area contributed by atoms with Crippen molar-refractivity contribution in [2.45, 2.75) is 32.2 Å². The highest BCUT2D eigenvalue weighted by Gasteiger charge is 2.30. The average molecular weight is 367 g/mol. The standard InChI is InChI=1S/C22H29N3O2/c1-17-16-19(10-11-20(17)27-15-14-25-12-6-7-13-25)24-21(26)22(2,23)18-8-4-3-5-9-18/h3-5,8-11,16H,6-7,12-15,23H2,1-2H3,(H,24,26). The quantitative estimate of drug-likeness (QED) is 0.788. The SMILES string of the molecule is Cc1cc(NC(=O)C(C)(N)c2ccccc2)ccc1OCCN1CCCC1. The van der Waals surface area contributed by atoms with Crippen LogP contribution >= 0.6 is 0 Å². The van der Waals surface area contributed by atoms with Gasteiger partial charge in [-0.25, -0.2) is 0 Å². The molecule has 0 bridgehead atoms. The maximum atomic E-state index is 12.7. The number of hydrogen-bond acceptors (Lipinski definition) is 4. The minimum absolute atomic E-state index is 0.240. The van der Waals surface area contributed by atoms with Crippen LogP contribution in [0.15, 0.2) is 48.5 Å². The normalized spacial score (nSPS) is 16.7. The van der Waals surface area contributed by atoms with E-state index in [1.165, 1.54) is 25.9 Å². The van der Waals surface area contributed by atoms with E-state index in [2.05, 4.69) is 10.2 Å². The number of rotatable bonds is 7. The molecule has 0 aliphatic carbocycles.